The van der Waals surface area contributed by atoms with Gasteiger partial charge < -0.3 is 4.74 Å². The number of hydrogen-bond donors (Lipinski definition) is 0. The van der Waals surface area contributed by atoms with Crippen LogP contribution in [0.25, 0.3) is 5.76 Å². The van der Waals surface area contributed by atoms with Crippen LogP contribution < -0.4 is 0 Å². The minimum Gasteiger partial charge on any atom is -0.489 e. The predicted octanol–water partition coefficient (Wildman–Crippen LogP) is 2.14. The molecular weight excluding hydrogens is 246 g/mol. The van der Waals surface area contributed by atoms with Gasteiger partial charge in [-0.25, -0.2) is 9.97 Å². The minimum absolute atomic E-state index is 0.391. The van der Waals surface area contributed by atoms with Crippen LogP contribution in [0.3, 0.4) is 0 Å². The summed E-state index contributed by atoms with van der Waals surface area (Å²) in [6.07, 6.45) is 4.49. The highest BCUT2D eigenvalue weighted by Gasteiger charge is 2.04. The molecule has 0 unspecified atom stereocenters. The zero-order valence-corrected chi connectivity index (χ0v) is 9.15. The quantitative estimate of drug-likeness (QED) is 0.612. The number of allylic oxidation sites excluding steroid dienone is 1. The van der Waals surface area contributed by atoms with Crippen LogP contribution in [-0.4, -0.2) is 16.6 Å². The highest BCUT2D eigenvalue weighted by molar-refractivity contribution is 9.10. The van der Waals surface area contributed by atoms with Gasteiger partial charge in [-0.3, -0.25) is 0 Å². The number of aromatic nitrogens is 2. The second kappa shape index (κ2) is 5.35. The molecule has 0 aliphatic rings. The fraction of sp³-hybridized carbons (Fsp3) is 0.222. The fourth-order valence-electron chi connectivity index (χ4n) is 0.824. The summed E-state index contributed by atoms with van der Waals surface area (Å²) in [5.74, 6) is 0.805. The van der Waals surface area contributed by atoms with E-state index in [1.165, 1.54) is 6.08 Å². The summed E-state index contributed by atoms with van der Waals surface area (Å²) in [4.78, 5) is 8.03. The van der Waals surface area contributed by atoms with Crippen molar-refractivity contribution < 1.29 is 4.74 Å². The van der Waals surface area contributed by atoms with Crippen LogP contribution in [0.5, 0.6) is 0 Å². The third-order valence-corrected chi connectivity index (χ3v) is 1.75. The molecule has 0 bridgehead atoms. The van der Waals surface area contributed by atoms with Gasteiger partial charge in [0.05, 0.1) is 23.2 Å². The van der Waals surface area contributed by atoms with Crippen molar-refractivity contribution in [2.45, 2.75) is 6.92 Å². The SMILES string of the molecule is CCOC(=CC#N)c1ncc(Br)cn1. The molecule has 0 aliphatic heterocycles. The first-order chi connectivity index (χ1) is 6.77. The number of nitrogens with zero attached hydrogens (tertiary/aromatic N) is 3. The van der Waals surface area contributed by atoms with Gasteiger partial charge >= 0.3 is 0 Å². The molecule has 1 aromatic rings. The Balaban J connectivity index is 2.95. The van der Waals surface area contributed by atoms with Gasteiger partial charge in [-0.1, -0.05) is 0 Å². The highest BCUT2D eigenvalue weighted by Crippen LogP contribution is 2.12. The lowest BCUT2D eigenvalue weighted by Gasteiger charge is -2.04. The molecule has 0 saturated heterocycles. The zero-order valence-electron chi connectivity index (χ0n) is 7.57. The summed E-state index contributed by atoms with van der Waals surface area (Å²) < 4.78 is 5.99. The van der Waals surface area contributed by atoms with Gasteiger partial charge in [-0.15, -0.1) is 0 Å². The Labute approximate surface area is 90.4 Å². The lowest BCUT2D eigenvalue weighted by Crippen LogP contribution is -1.97. The summed E-state index contributed by atoms with van der Waals surface area (Å²) in [5.41, 5.74) is 0. The molecular formula is C9H8BrN3O. The molecule has 0 aliphatic carbocycles. The summed E-state index contributed by atoms with van der Waals surface area (Å²) in [5, 5.41) is 8.51. The van der Waals surface area contributed by atoms with Crippen molar-refractivity contribution in [3.05, 3.63) is 28.8 Å². The number of halogens is 1. The van der Waals surface area contributed by atoms with Crippen LogP contribution in [0.2, 0.25) is 0 Å². The van der Waals surface area contributed by atoms with E-state index in [4.69, 9.17) is 10.00 Å². The largest absolute Gasteiger partial charge is 0.489 e. The normalized spacial score (nSPS) is 10.8. The molecule has 0 N–H and O–H groups in total. The molecule has 1 rings (SSSR count). The molecule has 0 radical (unpaired) electrons. The molecule has 72 valence electrons. The van der Waals surface area contributed by atoms with Crippen molar-refractivity contribution in [3.8, 4) is 6.07 Å². The van der Waals surface area contributed by atoms with Gasteiger partial charge in [0.25, 0.3) is 0 Å². The van der Waals surface area contributed by atoms with Crippen LogP contribution in [0.15, 0.2) is 22.9 Å². The average Bonchev–Trinajstić information content (AvgIpc) is 2.19. The van der Waals surface area contributed by atoms with E-state index in [0.29, 0.717) is 18.2 Å². The van der Waals surface area contributed by atoms with Crippen LogP contribution in [-0.2, 0) is 4.74 Å². The maximum absolute atomic E-state index is 8.51. The first-order valence-electron chi connectivity index (χ1n) is 3.98. The second-order valence-electron chi connectivity index (χ2n) is 2.30. The van der Waals surface area contributed by atoms with Crippen LogP contribution in [0.1, 0.15) is 12.7 Å². The second-order valence-corrected chi connectivity index (χ2v) is 3.21. The first-order valence-corrected chi connectivity index (χ1v) is 4.77. The predicted molar refractivity (Wildman–Crippen MR) is 54.9 cm³/mol. The standard InChI is InChI=1S/C9H8BrN3O/c1-2-14-8(3-4-11)9-12-5-7(10)6-13-9/h3,5-6H,2H2,1H3. The van der Waals surface area contributed by atoms with Gasteiger partial charge in [-0.2, -0.15) is 5.26 Å². The van der Waals surface area contributed by atoms with Gasteiger partial charge in [0.15, 0.2) is 11.6 Å². The van der Waals surface area contributed by atoms with E-state index in [1.807, 2.05) is 13.0 Å². The van der Waals surface area contributed by atoms with Crippen LogP contribution in [0, 0.1) is 11.3 Å². The van der Waals surface area contributed by atoms with Gasteiger partial charge in [0, 0.05) is 12.4 Å². The topological polar surface area (TPSA) is 58.8 Å². The van der Waals surface area contributed by atoms with E-state index >= 15 is 0 Å². The summed E-state index contributed by atoms with van der Waals surface area (Å²) in [7, 11) is 0. The molecule has 5 heteroatoms. The van der Waals surface area contributed by atoms with Gasteiger partial charge in [0.2, 0.25) is 0 Å². The third-order valence-electron chi connectivity index (χ3n) is 1.34. The molecule has 0 amide bonds. The summed E-state index contributed by atoms with van der Waals surface area (Å²) in [6.45, 7) is 2.32. The number of rotatable bonds is 3. The smallest absolute Gasteiger partial charge is 0.195 e. The van der Waals surface area contributed by atoms with Crippen LogP contribution >= 0.6 is 15.9 Å². The minimum atomic E-state index is 0.391. The van der Waals surface area contributed by atoms with E-state index in [1.54, 1.807) is 12.4 Å². The lowest BCUT2D eigenvalue weighted by molar-refractivity contribution is 0.295. The zero-order chi connectivity index (χ0) is 10.4. The van der Waals surface area contributed by atoms with Crippen molar-refractivity contribution >= 4 is 21.7 Å². The maximum Gasteiger partial charge on any atom is 0.195 e. The Morgan fingerprint density at radius 1 is 1.64 bits per heavy atom. The van der Waals surface area contributed by atoms with Crippen LogP contribution in [0.4, 0.5) is 0 Å². The molecule has 4 nitrogen and oxygen atoms in total. The Bertz CT molecular complexity index is 367. The average molecular weight is 254 g/mol. The monoisotopic (exact) mass is 253 g/mol. The van der Waals surface area contributed by atoms with E-state index in [2.05, 4.69) is 25.9 Å². The summed E-state index contributed by atoms with van der Waals surface area (Å²) >= 11 is 3.22. The van der Waals surface area contributed by atoms with Crippen molar-refractivity contribution in [2.24, 2.45) is 0 Å². The number of hydrogen-bond acceptors (Lipinski definition) is 4. The molecule has 0 saturated carbocycles. The maximum atomic E-state index is 8.51. The molecule has 0 aromatic carbocycles. The Morgan fingerprint density at radius 3 is 2.79 bits per heavy atom. The van der Waals surface area contributed by atoms with Gasteiger partial charge in [0.1, 0.15) is 0 Å². The van der Waals surface area contributed by atoms with Crippen molar-refractivity contribution in [1.82, 2.24) is 9.97 Å². The Kier molecular flexibility index (Phi) is 4.08. The Morgan fingerprint density at radius 2 is 2.29 bits per heavy atom. The molecule has 0 spiro atoms. The third kappa shape index (κ3) is 2.82. The van der Waals surface area contributed by atoms with E-state index in [-0.39, 0.29) is 0 Å². The van der Waals surface area contributed by atoms with Crippen molar-refractivity contribution in [3.63, 3.8) is 0 Å². The molecule has 0 fully saturated rings. The fourth-order valence-corrected chi connectivity index (χ4v) is 1.03. The number of ether oxygens (including phenoxy) is 1. The van der Waals surface area contributed by atoms with E-state index < -0.39 is 0 Å². The summed E-state index contributed by atoms with van der Waals surface area (Å²) in [6, 6.07) is 1.89. The van der Waals surface area contributed by atoms with E-state index in [0.717, 1.165) is 4.47 Å². The van der Waals surface area contributed by atoms with E-state index in [9.17, 15) is 0 Å². The first kappa shape index (κ1) is 10.7. The molecule has 1 aromatic heterocycles. The van der Waals surface area contributed by atoms with Crippen molar-refractivity contribution in [1.29, 1.82) is 5.26 Å². The number of nitriles is 1. The molecule has 0 atom stereocenters. The lowest BCUT2D eigenvalue weighted by atomic mass is 10.4. The van der Waals surface area contributed by atoms with Gasteiger partial charge in [-0.05, 0) is 22.9 Å². The highest BCUT2D eigenvalue weighted by atomic mass is 79.9. The Hall–Kier alpha value is -1.41. The molecule has 14 heavy (non-hydrogen) atoms. The molecule has 1 heterocycles. The van der Waals surface area contributed by atoms with Crippen molar-refractivity contribution in [2.75, 3.05) is 6.61 Å².